The van der Waals surface area contributed by atoms with Gasteiger partial charge in [0.05, 0.1) is 25.4 Å². The van der Waals surface area contributed by atoms with Crippen molar-refractivity contribution in [2.75, 3.05) is 19.8 Å². The summed E-state index contributed by atoms with van der Waals surface area (Å²) in [5.74, 6) is -1.91. The molecule has 0 saturated carbocycles. The number of aromatic nitrogens is 2. The van der Waals surface area contributed by atoms with E-state index in [1.54, 1.807) is 13.1 Å². The van der Waals surface area contributed by atoms with E-state index in [1.165, 1.54) is 23.2 Å². The molecule has 1 N–H and O–H groups in total. The second-order valence-corrected chi connectivity index (χ2v) is 8.04. The van der Waals surface area contributed by atoms with Crippen molar-refractivity contribution in [1.82, 2.24) is 9.78 Å². The summed E-state index contributed by atoms with van der Waals surface area (Å²) in [6.07, 6.45) is 4.24. The van der Waals surface area contributed by atoms with Gasteiger partial charge in [-0.15, -0.1) is 0 Å². The van der Waals surface area contributed by atoms with Crippen molar-refractivity contribution in [3.05, 3.63) is 92.9 Å². The number of nitrogens with zero attached hydrogens (tertiary/aromatic N) is 3. The molecule has 0 aliphatic carbocycles. The zero-order valence-electron chi connectivity index (χ0n) is 18.6. The Kier molecular flexibility index (Phi) is 7.34. The highest BCUT2D eigenvalue weighted by atomic mass is 19.2. The summed E-state index contributed by atoms with van der Waals surface area (Å²) in [5.41, 5.74) is 2.57. The monoisotopic (exact) mass is 466 g/mol. The van der Waals surface area contributed by atoms with Gasteiger partial charge >= 0.3 is 0 Å². The number of hydrogen-bond donors (Lipinski definition) is 1. The van der Waals surface area contributed by atoms with Crippen molar-refractivity contribution in [2.45, 2.75) is 25.6 Å². The molecule has 7 nitrogen and oxygen atoms in total. The maximum absolute atomic E-state index is 13.8. The number of benzene rings is 2. The van der Waals surface area contributed by atoms with Crippen LogP contribution in [0.4, 0.5) is 8.78 Å². The highest BCUT2D eigenvalue weighted by Gasteiger charge is 2.22. The maximum Gasteiger partial charge on any atom is 0.203 e. The molecular weight excluding hydrogens is 442 g/mol. The van der Waals surface area contributed by atoms with Crippen molar-refractivity contribution in [3.8, 4) is 5.69 Å². The third-order valence-corrected chi connectivity index (χ3v) is 5.37. The Morgan fingerprint density at radius 3 is 2.79 bits per heavy atom. The molecule has 4 rings (SSSR count). The molecule has 1 fully saturated rings. The highest BCUT2D eigenvalue weighted by molar-refractivity contribution is 5.80. The Balaban J connectivity index is 1.48. The molecule has 1 aliphatic rings. The third-order valence-electron chi connectivity index (χ3n) is 5.37. The molecular formula is C25H24F2N4O3. The standard InChI is InChI=1S/C25H24F2N4O3/c1-16-7-21(26)22(27)10-24(16)31-6-5-25(32)23(30-31)9-17-3-2-4-18(8-17)12-29-13-19(11-28)34-20-14-33-15-20/h2-8,10-12,19-20,28H,9,13-15H2,1H3. The molecule has 0 spiro atoms. The van der Waals surface area contributed by atoms with E-state index in [2.05, 4.69) is 10.1 Å². The van der Waals surface area contributed by atoms with Crippen LogP contribution < -0.4 is 5.43 Å². The van der Waals surface area contributed by atoms with Crippen LogP contribution in [0, 0.1) is 24.0 Å². The number of nitrogens with one attached hydrogen (secondary N) is 1. The fourth-order valence-electron chi connectivity index (χ4n) is 3.50. The van der Waals surface area contributed by atoms with E-state index in [1.807, 2.05) is 24.3 Å². The molecule has 9 heteroatoms. The Morgan fingerprint density at radius 1 is 1.26 bits per heavy atom. The maximum atomic E-state index is 13.8. The first-order valence-electron chi connectivity index (χ1n) is 10.8. The number of aliphatic imine (C=N–C) groups is 1. The normalized spacial score (nSPS) is 14.8. The van der Waals surface area contributed by atoms with Gasteiger partial charge in [0.2, 0.25) is 5.43 Å². The summed E-state index contributed by atoms with van der Waals surface area (Å²) < 4.78 is 39.4. The van der Waals surface area contributed by atoms with Crippen molar-refractivity contribution in [2.24, 2.45) is 4.99 Å². The molecule has 0 radical (unpaired) electrons. The zero-order valence-corrected chi connectivity index (χ0v) is 18.6. The van der Waals surface area contributed by atoms with Crippen molar-refractivity contribution in [1.29, 1.82) is 5.41 Å². The van der Waals surface area contributed by atoms with Crippen LogP contribution in [0.3, 0.4) is 0 Å². The number of rotatable bonds is 9. The van der Waals surface area contributed by atoms with Crippen LogP contribution >= 0.6 is 0 Å². The molecule has 3 aromatic rings. The Bertz CT molecular complexity index is 1270. The first kappa shape index (κ1) is 23.6. The van der Waals surface area contributed by atoms with E-state index < -0.39 is 17.7 Å². The predicted molar refractivity (Wildman–Crippen MR) is 124 cm³/mol. The summed E-state index contributed by atoms with van der Waals surface area (Å²) in [7, 11) is 0. The fraction of sp³-hybridized carbons (Fsp3) is 0.280. The van der Waals surface area contributed by atoms with E-state index in [0.29, 0.717) is 31.0 Å². The van der Waals surface area contributed by atoms with Crippen LogP contribution in [-0.4, -0.2) is 54.2 Å². The summed E-state index contributed by atoms with van der Waals surface area (Å²) in [6.45, 7) is 3.05. The van der Waals surface area contributed by atoms with Crippen LogP contribution in [0.1, 0.15) is 22.4 Å². The number of hydrogen-bond acceptors (Lipinski definition) is 6. The average molecular weight is 466 g/mol. The summed E-state index contributed by atoms with van der Waals surface area (Å²) >= 11 is 0. The minimum atomic E-state index is -0.980. The zero-order chi connectivity index (χ0) is 24.1. The number of halogens is 2. The molecule has 34 heavy (non-hydrogen) atoms. The summed E-state index contributed by atoms with van der Waals surface area (Å²) in [4.78, 5) is 16.8. The van der Waals surface area contributed by atoms with Crippen molar-refractivity contribution in [3.63, 3.8) is 0 Å². The van der Waals surface area contributed by atoms with E-state index in [9.17, 15) is 13.6 Å². The van der Waals surface area contributed by atoms with Crippen LogP contribution in [0.15, 0.2) is 58.4 Å². The first-order chi connectivity index (χ1) is 16.4. The largest absolute Gasteiger partial charge is 0.376 e. The second kappa shape index (κ2) is 10.6. The fourth-order valence-corrected chi connectivity index (χ4v) is 3.50. The molecule has 0 bridgehead atoms. The molecule has 0 amide bonds. The Labute approximate surface area is 195 Å². The van der Waals surface area contributed by atoms with E-state index in [0.717, 1.165) is 23.3 Å². The summed E-state index contributed by atoms with van der Waals surface area (Å²) in [6, 6.07) is 11.0. The van der Waals surface area contributed by atoms with Crippen molar-refractivity contribution >= 4 is 12.4 Å². The van der Waals surface area contributed by atoms with E-state index >= 15 is 0 Å². The molecule has 2 aromatic carbocycles. The lowest BCUT2D eigenvalue weighted by Gasteiger charge is -2.28. The predicted octanol–water partition coefficient (Wildman–Crippen LogP) is 3.26. The average Bonchev–Trinajstić information content (AvgIpc) is 2.79. The lowest BCUT2D eigenvalue weighted by Crippen LogP contribution is -2.40. The minimum absolute atomic E-state index is 0.0164. The molecule has 1 atom stereocenters. The van der Waals surface area contributed by atoms with Gasteiger partial charge in [-0.25, -0.2) is 13.5 Å². The number of ether oxygens (including phenoxy) is 2. The SMILES string of the molecule is Cc1cc(F)c(F)cc1-n1ccc(=O)c(Cc2cccc(C=NCC(C=N)OC3COC3)c2)n1. The van der Waals surface area contributed by atoms with Crippen LogP contribution in [-0.2, 0) is 15.9 Å². The van der Waals surface area contributed by atoms with Crippen LogP contribution in [0.25, 0.3) is 5.69 Å². The minimum Gasteiger partial charge on any atom is -0.376 e. The third kappa shape index (κ3) is 5.67. The van der Waals surface area contributed by atoms with E-state index in [4.69, 9.17) is 14.9 Å². The van der Waals surface area contributed by atoms with Gasteiger partial charge in [-0.3, -0.25) is 9.79 Å². The van der Waals surface area contributed by atoms with Crippen molar-refractivity contribution < 1.29 is 18.3 Å². The van der Waals surface area contributed by atoms with Gasteiger partial charge in [-0.05, 0) is 35.7 Å². The molecule has 1 aliphatic heterocycles. The molecule has 176 valence electrons. The van der Waals surface area contributed by atoms with Gasteiger partial charge in [-0.2, -0.15) is 5.10 Å². The van der Waals surface area contributed by atoms with E-state index in [-0.39, 0.29) is 23.6 Å². The smallest absolute Gasteiger partial charge is 0.203 e. The van der Waals surface area contributed by atoms with Gasteiger partial charge in [0.1, 0.15) is 17.9 Å². The second-order valence-electron chi connectivity index (χ2n) is 8.04. The lowest BCUT2D eigenvalue weighted by molar-refractivity contribution is -0.138. The first-order valence-corrected chi connectivity index (χ1v) is 10.8. The number of aryl methyl sites for hydroxylation is 1. The summed E-state index contributed by atoms with van der Waals surface area (Å²) in [5, 5.41) is 11.9. The molecule has 1 unspecified atom stereocenters. The van der Waals surface area contributed by atoms with Crippen LogP contribution in [0.2, 0.25) is 0 Å². The quantitative estimate of drug-likeness (QED) is 0.490. The van der Waals surface area contributed by atoms with Gasteiger partial charge in [0.15, 0.2) is 11.6 Å². The highest BCUT2D eigenvalue weighted by Crippen LogP contribution is 2.18. The molecule has 1 aromatic heterocycles. The molecule has 1 saturated heterocycles. The Morgan fingerprint density at radius 2 is 2.06 bits per heavy atom. The van der Waals surface area contributed by atoms with Gasteiger partial charge in [0, 0.05) is 37.2 Å². The van der Waals surface area contributed by atoms with Gasteiger partial charge in [0.25, 0.3) is 0 Å². The topological polar surface area (TPSA) is 89.6 Å². The molecule has 2 heterocycles. The van der Waals surface area contributed by atoms with Gasteiger partial charge < -0.3 is 14.9 Å². The van der Waals surface area contributed by atoms with Crippen LogP contribution in [0.5, 0.6) is 0 Å². The van der Waals surface area contributed by atoms with Gasteiger partial charge in [-0.1, -0.05) is 18.2 Å². The lowest BCUT2D eigenvalue weighted by atomic mass is 10.1. The Hall–Kier alpha value is -3.56.